The summed E-state index contributed by atoms with van der Waals surface area (Å²) in [6.07, 6.45) is -4.63. The second-order valence-corrected chi connectivity index (χ2v) is 6.90. The number of aryl methyl sites for hydroxylation is 1. The number of hydrogen-bond acceptors (Lipinski definition) is 4. The lowest BCUT2D eigenvalue weighted by molar-refractivity contribution is -0.211. The lowest BCUT2D eigenvalue weighted by Crippen LogP contribution is -2.34. The molecule has 2 aromatic rings. The van der Waals surface area contributed by atoms with Gasteiger partial charge in [0.1, 0.15) is 17.4 Å². The number of alkyl halides is 3. The third-order valence-corrected chi connectivity index (χ3v) is 4.50. The molecule has 0 aliphatic rings. The number of aromatic carboxylic acids is 1. The Kier molecular flexibility index (Phi) is 5.73. The normalized spacial score (nSPS) is 11.9. The number of hydrogen-bond donors (Lipinski definition) is 1. The molecule has 0 radical (unpaired) electrons. The number of benzene rings is 1. The Labute approximate surface area is 160 Å². The Morgan fingerprint density at radius 3 is 2.46 bits per heavy atom. The molecule has 0 aliphatic heterocycles. The first-order valence-electron chi connectivity index (χ1n) is 8.45. The summed E-state index contributed by atoms with van der Waals surface area (Å²) in [6, 6.07) is 6.36. The van der Waals surface area contributed by atoms with E-state index in [9.17, 15) is 28.3 Å². The molecular weight excluding hydrogens is 375 g/mol. The average Bonchev–Trinajstić information content (AvgIpc) is 2.99. The topological polar surface area (TPSA) is 88.1 Å². The first kappa shape index (κ1) is 21.3. The molecule has 0 aliphatic carbocycles. The van der Waals surface area contributed by atoms with Gasteiger partial charge in [0.25, 0.3) is 0 Å². The number of aromatic nitrogens is 2. The predicted molar refractivity (Wildman–Crippen MR) is 95.1 cm³/mol. The largest absolute Gasteiger partial charge is 0.496 e. The standard InChI is InChI=1S/C19H20F3N3O3/c1-5-25-16(13(10-23)15(24-25)17(26)27)12-7-6-11(8-14(12)28-4)9-18(2,3)19(20,21)22/h6-8H,5,9H2,1-4H3,(H,26,27). The molecule has 0 bridgehead atoms. The van der Waals surface area contributed by atoms with Crippen LogP contribution in [0, 0.1) is 16.7 Å². The number of halogens is 3. The minimum absolute atomic E-state index is 0.129. The maximum absolute atomic E-state index is 13.2. The van der Waals surface area contributed by atoms with Gasteiger partial charge in [-0.2, -0.15) is 23.5 Å². The average molecular weight is 395 g/mol. The molecule has 2 rings (SSSR count). The van der Waals surface area contributed by atoms with Crippen molar-refractivity contribution in [2.75, 3.05) is 7.11 Å². The van der Waals surface area contributed by atoms with Crippen LogP contribution in [0.2, 0.25) is 0 Å². The van der Waals surface area contributed by atoms with Crippen molar-refractivity contribution < 1.29 is 27.8 Å². The Hall–Kier alpha value is -3.02. The lowest BCUT2D eigenvalue weighted by Gasteiger charge is -2.28. The molecule has 0 amide bonds. The molecular formula is C19H20F3N3O3. The van der Waals surface area contributed by atoms with Crippen molar-refractivity contribution in [3.05, 3.63) is 35.0 Å². The molecule has 9 heteroatoms. The van der Waals surface area contributed by atoms with Crippen molar-refractivity contribution in [1.82, 2.24) is 9.78 Å². The van der Waals surface area contributed by atoms with Crippen molar-refractivity contribution in [1.29, 1.82) is 5.26 Å². The molecule has 0 atom stereocenters. The van der Waals surface area contributed by atoms with Gasteiger partial charge < -0.3 is 9.84 Å². The number of nitriles is 1. The van der Waals surface area contributed by atoms with Crippen LogP contribution in [0.5, 0.6) is 5.75 Å². The summed E-state index contributed by atoms with van der Waals surface area (Å²) in [5.41, 5.74) is -1.41. The molecule has 0 saturated heterocycles. The van der Waals surface area contributed by atoms with Crippen LogP contribution >= 0.6 is 0 Å². The van der Waals surface area contributed by atoms with Crippen molar-refractivity contribution in [2.45, 2.75) is 39.9 Å². The highest BCUT2D eigenvalue weighted by molar-refractivity contribution is 5.92. The number of carboxylic acid groups (broad SMARTS) is 1. The van der Waals surface area contributed by atoms with E-state index in [0.717, 1.165) is 13.8 Å². The highest BCUT2D eigenvalue weighted by atomic mass is 19.4. The van der Waals surface area contributed by atoms with Crippen molar-refractivity contribution in [2.24, 2.45) is 5.41 Å². The van der Waals surface area contributed by atoms with Gasteiger partial charge in [-0.15, -0.1) is 0 Å². The van der Waals surface area contributed by atoms with E-state index in [2.05, 4.69) is 5.10 Å². The number of carboxylic acids is 1. The van der Waals surface area contributed by atoms with E-state index >= 15 is 0 Å². The van der Waals surface area contributed by atoms with Gasteiger partial charge >= 0.3 is 12.1 Å². The van der Waals surface area contributed by atoms with E-state index in [1.54, 1.807) is 6.92 Å². The molecule has 0 unspecified atom stereocenters. The first-order valence-corrected chi connectivity index (χ1v) is 8.45. The maximum atomic E-state index is 13.2. The van der Waals surface area contributed by atoms with Gasteiger partial charge in [0, 0.05) is 12.1 Å². The summed E-state index contributed by atoms with van der Waals surface area (Å²) < 4.78 is 46.3. The number of rotatable bonds is 6. The number of methoxy groups -OCH3 is 1. The fourth-order valence-corrected chi connectivity index (χ4v) is 2.87. The predicted octanol–water partition coefficient (Wildman–Crippen LogP) is 4.28. The third kappa shape index (κ3) is 3.81. The first-order chi connectivity index (χ1) is 13.0. The smallest absolute Gasteiger partial charge is 0.394 e. The van der Waals surface area contributed by atoms with Crippen LogP contribution < -0.4 is 4.74 Å². The van der Waals surface area contributed by atoms with Crippen LogP contribution in [-0.2, 0) is 13.0 Å². The SMILES string of the molecule is CCn1nc(C(=O)O)c(C#N)c1-c1ccc(CC(C)(C)C(F)(F)F)cc1OC. The van der Waals surface area contributed by atoms with Gasteiger partial charge in [0.05, 0.1) is 18.2 Å². The molecule has 0 fully saturated rings. The van der Waals surface area contributed by atoms with Crippen LogP contribution in [0.25, 0.3) is 11.3 Å². The monoisotopic (exact) mass is 395 g/mol. The Balaban J connectivity index is 2.61. The summed E-state index contributed by atoms with van der Waals surface area (Å²) in [5, 5.41) is 22.7. The highest BCUT2D eigenvalue weighted by Crippen LogP contribution is 2.42. The second-order valence-electron chi connectivity index (χ2n) is 6.90. The zero-order valence-corrected chi connectivity index (χ0v) is 15.9. The summed E-state index contributed by atoms with van der Waals surface area (Å²) in [6.45, 7) is 4.26. The quantitative estimate of drug-likeness (QED) is 0.789. The zero-order valence-electron chi connectivity index (χ0n) is 15.9. The second kappa shape index (κ2) is 7.54. The van der Waals surface area contributed by atoms with Gasteiger partial charge in [0.2, 0.25) is 0 Å². The minimum atomic E-state index is -4.37. The van der Waals surface area contributed by atoms with Gasteiger partial charge in [0.15, 0.2) is 5.69 Å². The van der Waals surface area contributed by atoms with Crippen molar-refractivity contribution >= 4 is 5.97 Å². The lowest BCUT2D eigenvalue weighted by atomic mass is 9.84. The van der Waals surface area contributed by atoms with Crippen molar-refractivity contribution in [3.63, 3.8) is 0 Å². The molecule has 1 aromatic heterocycles. The fourth-order valence-electron chi connectivity index (χ4n) is 2.87. The summed E-state index contributed by atoms with van der Waals surface area (Å²) in [4.78, 5) is 11.4. The molecule has 6 nitrogen and oxygen atoms in total. The van der Waals surface area contributed by atoms with Gasteiger partial charge in [-0.1, -0.05) is 19.9 Å². The van der Waals surface area contributed by atoms with E-state index < -0.39 is 17.6 Å². The van der Waals surface area contributed by atoms with Crippen LogP contribution in [0.4, 0.5) is 13.2 Å². The summed E-state index contributed by atoms with van der Waals surface area (Å²) in [7, 11) is 1.36. The number of carbonyl (C=O) groups is 1. The zero-order chi connectivity index (χ0) is 21.3. The van der Waals surface area contributed by atoms with E-state index in [-0.39, 0.29) is 29.1 Å². The van der Waals surface area contributed by atoms with Crippen LogP contribution in [0.15, 0.2) is 18.2 Å². The molecule has 0 spiro atoms. The third-order valence-electron chi connectivity index (χ3n) is 4.50. The van der Waals surface area contributed by atoms with Gasteiger partial charge in [-0.3, -0.25) is 4.68 Å². The Morgan fingerprint density at radius 1 is 1.36 bits per heavy atom. The summed E-state index contributed by atoms with van der Waals surface area (Å²) in [5.74, 6) is -1.11. The molecule has 1 aromatic carbocycles. The van der Waals surface area contributed by atoms with Crippen molar-refractivity contribution in [3.8, 4) is 23.1 Å². The van der Waals surface area contributed by atoms with Crippen LogP contribution in [0.3, 0.4) is 0 Å². The number of nitrogens with zero attached hydrogens (tertiary/aromatic N) is 3. The Bertz CT molecular complexity index is 940. The Morgan fingerprint density at radius 2 is 2.00 bits per heavy atom. The summed E-state index contributed by atoms with van der Waals surface area (Å²) >= 11 is 0. The van der Waals surface area contributed by atoms with E-state index in [1.165, 1.54) is 30.0 Å². The van der Waals surface area contributed by atoms with Gasteiger partial charge in [-0.25, -0.2) is 4.79 Å². The fraction of sp³-hybridized carbons (Fsp3) is 0.421. The molecule has 150 valence electrons. The molecule has 1 N–H and O–H groups in total. The van der Waals surface area contributed by atoms with E-state index in [4.69, 9.17) is 4.74 Å². The molecule has 0 saturated carbocycles. The van der Waals surface area contributed by atoms with Crippen LogP contribution in [0.1, 0.15) is 42.4 Å². The highest BCUT2D eigenvalue weighted by Gasteiger charge is 2.47. The number of ether oxygens (including phenoxy) is 1. The van der Waals surface area contributed by atoms with Gasteiger partial charge in [-0.05, 0) is 31.0 Å². The minimum Gasteiger partial charge on any atom is -0.496 e. The van der Waals surface area contributed by atoms with E-state index in [1.807, 2.05) is 6.07 Å². The molecule has 28 heavy (non-hydrogen) atoms. The molecule has 1 heterocycles. The maximum Gasteiger partial charge on any atom is 0.394 e. The van der Waals surface area contributed by atoms with E-state index in [0.29, 0.717) is 17.7 Å². The van der Waals surface area contributed by atoms with Crippen LogP contribution in [-0.4, -0.2) is 34.1 Å².